The minimum atomic E-state index is -0.0133. The van der Waals surface area contributed by atoms with E-state index in [1.807, 2.05) is 6.07 Å². The van der Waals surface area contributed by atoms with Gasteiger partial charge in [0.25, 0.3) is 0 Å². The number of para-hydroxylation sites is 2. The second-order valence-electron chi connectivity index (χ2n) is 6.69. The minimum Gasteiger partial charge on any atom is -0.379 e. The zero-order valence-electron chi connectivity index (χ0n) is 14.5. The molecule has 120 valence electrons. The maximum atomic E-state index is 5.47. The number of hydrogen-bond acceptors (Lipinski definition) is 2. The number of rotatable bonds is 7. The summed E-state index contributed by atoms with van der Waals surface area (Å²) in [4.78, 5) is 4.59. The van der Waals surface area contributed by atoms with E-state index < -0.39 is 0 Å². The highest BCUT2D eigenvalue weighted by molar-refractivity contribution is 5.78. The molecule has 0 saturated heterocycles. The SMILES string of the molecule is COC(C)(C)CCCC(C)/C=C/n1c(C)nc2ccccc21. The summed E-state index contributed by atoms with van der Waals surface area (Å²) >= 11 is 0. The number of aryl methyl sites for hydroxylation is 1. The first-order chi connectivity index (χ1) is 10.4. The number of allylic oxidation sites excluding steroid dienone is 1. The van der Waals surface area contributed by atoms with Crippen molar-refractivity contribution in [1.82, 2.24) is 9.55 Å². The predicted octanol–water partition coefficient (Wildman–Crippen LogP) is 5.05. The highest BCUT2D eigenvalue weighted by Gasteiger charge is 2.15. The molecule has 0 N–H and O–H groups in total. The Balaban J connectivity index is 1.97. The van der Waals surface area contributed by atoms with Gasteiger partial charge in [0.2, 0.25) is 0 Å². The first-order valence-electron chi connectivity index (χ1n) is 8.10. The van der Waals surface area contributed by atoms with Crippen molar-refractivity contribution in [3.05, 3.63) is 36.2 Å². The van der Waals surface area contributed by atoms with Crippen LogP contribution in [0.2, 0.25) is 0 Å². The van der Waals surface area contributed by atoms with Gasteiger partial charge in [-0.25, -0.2) is 4.98 Å². The van der Waals surface area contributed by atoms with E-state index in [1.165, 1.54) is 18.4 Å². The third-order valence-corrected chi connectivity index (χ3v) is 4.33. The van der Waals surface area contributed by atoms with Gasteiger partial charge in [-0.1, -0.05) is 31.6 Å². The smallest absolute Gasteiger partial charge is 0.110 e. The van der Waals surface area contributed by atoms with Crippen LogP contribution in [0.4, 0.5) is 0 Å². The van der Waals surface area contributed by atoms with Crippen molar-refractivity contribution >= 4 is 17.2 Å². The van der Waals surface area contributed by atoms with Crippen LogP contribution in [-0.2, 0) is 4.74 Å². The van der Waals surface area contributed by atoms with Crippen LogP contribution < -0.4 is 0 Å². The first-order valence-corrected chi connectivity index (χ1v) is 8.10. The normalized spacial score (nSPS) is 14.0. The second kappa shape index (κ2) is 7.10. The van der Waals surface area contributed by atoms with Gasteiger partial charge in [-0.2, -0.15) is 0 Å². The molecule has 0 aliphatic carbocycles. The number of benzene rings is 1. The monoisotopic (exact) mass is 300 g/mol. The Labute approximate surface area is 134 Å². The Bertz CT molecular complexity index is 640. The third-order valence-electron chi connectivity index (χ3n) is 4.33. The molecule has 3 heteroatoms. The summed E-state index contributed by atoms with van der Waals surface area (Å²) in [5.74, 6) is 1.58. The van der Waals surface area contributed by atoms with Crippen molar-refractivity contribution in [2.45, 2.75) is 52.6 Å². The van der Waals surface area contributed by atoms with E-state index in [9.17, 15) is 0 Å². The van der Waals surface area contributed by atoms with Crippen LogP contribution in [-0.4, -0.2) is 22.3 Å². The lowest BCUT2D eigenvalue weighted by Gasteiger charge is -2.23. The average Bonchev–Trinajstić information content (AvgIpc) is 2.80. The van der Waals surface area contributed by atoms with Crippen molar-refractivity contribution in [3.63, 3.8) is 0 Å². The van der Waals surface area contributed by atoms with Crippen LogP contribution in [0.15, 0.2) is 30.3 Å². The molecule has 1 unspecified atom stereocenters. The Morgan fingerprint density at radius 2 is 2.05 bits per heavy atom. The van der Waals surface area contributed by atoms with Crippen molar-refractivity contribution in [3.8, 4) is 0 Å². The Hall–Kier alpha value is -1.61. The highest BCUT2D eigenvalue weighted by atomic mass is 16.5. The van der Waals surface area contributed by atoms with E-state index in [2.05, 4.69) is 67.7 Å². The van der Waals surface area contributed by atoms with Crippen molar-refractivity contribution < 1.29 is 4.74 Å². The van der Waals surface area contributed by atoms with Gasteiger partial charge in [-0.3, -0.25) is 0 Å². The molecule has 2 aromatic rings. The Kier molecular flexibility index (Phi) is 5.41. The molecule has 0 spiro atoms. The lowest BCUT2D eigenvalue weighted by atomic mass is 9.96. The standard InChI is InChI=1S/C19H28N2O/c1-15(9-8-13-19(3,4)22-5)12-14-21-16(2)20-17-10-6-7-11-18(17)21/h6-7,10-12,14-15H,8-9,13H2,1-5H3/b14-12+. The van der Waals surface area contributed by atoms with Crippen LogP contribution >= 0.6 is 0 Å². The number of aromatic nitrogens is 2. The molecule has 0 saturated carbocycles. The average molecular weight is 300 g/mol. The minimum absolute atomic E-state index is 0.0133. The lowest BCUT2D eigenvalue weighted by molar-refractivity contribution is 0.0130. The molecule has 0 radical (unpaired) electrons. The largest absolute Gasteiger partial charge is 0.379 e. The van der Waals surface area contributed by atoms with Gasteiger partial charge in [0.15, 0.2) is 0 Å². The van der Waals surface area contributed by atoms with Crippen LogP contribution in [0.5, 0.6) is 0 Å². The van der Waals surface area contributed by atoms with Crippen molar-refractivity contribution in [2.24, 2.45) is 5.92 Å². The lowest BCUT2D eigenvalue weighted by Crippen LogP contribution is -2.22. The molecule has 1 atom stereocenters. The number of hydrogen-bond donors (Lipinski definition) is 0. The number of ether oxygens (including phenoxy) is 1. The number of nitrogens with zero attached hydrogens (tertiary/aromatic N) is 2. The van der Waals surface area contributed by atoms with Gasteiger partial charge in [-0.05, 0) is 51.7 Å². The van der Waals surface area contributed by atoms with Gasteiger partial charge in [0, 0.05) is 13.3 Å². The molecular weight excluding hydrogens is 272 g/mol. The molecule has 0 fully saturated rings. The van der Waals surface area contributed by atoms with E-state index in [-0.39, 0.29) is 5.60 Å². The topological polar surface area (TPSA) is 27.1 Å². The summed E-state index contributed by atoms with van der Waals surface area (Å²) in [5, 5.41) is 0. The maximum absolute atomic E-state index is 5.47. The van der Waals surface area contributed by atoms with Crippen LogP contribution in [0.25, 0.3) is 17.2 Å². The number of methoxy groups -OCH3 is 1. The molecule has 0 aliphatic rings. The summed E-state index contributed by atoms with van der Waals surface area (Å²) in [6, 6.07) is 8.27. The summed E-state index contributed by atoms with van der Waals surface area (Å²) in [7, 11) is 1.79. The summed E-state index contributed by atoms with van der Waals surface area (Å²) < 4.78 is 7.64. The quantitative estimate of drug-likeness (QED) is 0.715. The zero-order valence-corrected chi connectivity index (χ0v) is 14.5. The summed E-state index contributed by atoms with van der Waals surface area (Å²) in [5.41, 5.74) is 2.21. The zero-order chi connectivity index (χ0) is 16.2. The first kappa shape index (κ1) is 16.8. The van der Waals surface area contributed by atoms with E-state index in [0.29, 0.717) is 5.92 Å². The molecule has 3 nitrogen and oxygen atoms in total. The van der Waals surface area contributed by atoms with E-state index in [1.54, 1.807) is 7.11 Å². The fraction of sp³-hybridized carbons (Fsp3) is 0.526. The fourth-order valence-electron chi connectivity index (χ4n) is 2.63. The Morgan fingerprint density at radius 3 is 2.77 bits per heavy atom. The second-order valence-corrected chi connectivity index (χ2v) is 6.69. The maximum Gasteiger partial charge on any atom is 0.110 e. The van der Waals surface area contributed by atoms with Crippen molar-refractivity contribution in [1.29, 1.82) is 0 Å². The van der Waals surface area contributed by atoms with E-state index in [4.69, 9.17) is 4.74 Å². The third kappa shape index (κ3) is 4.20. The predicted molar refractivity (Wildman–Crippen MR) is 93.9 cm³/mol. The molecule has 2 rings (SSSR count). The molecule has 0 amide bonds. The van der Waals surface area contributed by atoms with Crippen LogP contribution in [0.1, 0.15) is 45.9 Å². The van der Waals surface area contributed by atoms with Crippen LogP contribution in [0, 0.1) is 12.8 Å². The number of fused-ring (bicyclic) bond motifs is 1. The van der Waals surface area contributed by atoms with Gasteiger partial charge in [0.1, 0.15) is 5.82 Å². The van der Waals surface area contributed by atoms with Crippen molar-refractivity contribution in [2.75, 3.05) is 7.11 Å². The summed E-state index contributed by atoms with van der Waals surface area (Å²) in [6.45, 7) is 8.61. The molecule has 1 aromatic carbocycles. The van der Waals surface area contributed by atoms with Gasteiger partial charge in [0.05, 0.1) is 16.6 Å². The fourth-order valence-corrected chi connectivity index (χ4v) is 2.63. The van der Waals surface area contributed by atoms with Gasteiger partial charge < -0.3 is 9.30 Å². The molecule has 1 aromatic heterocycles. The highest BCUT2D eigenvalue weighted by Crippen LogP contribution is 2.20. The Morgan fingerprint density at radius 1 is 1.32 bits per heavy atom. The molecular formula is C19H28N2O. The molecule has 0 bridgehead atoms. The van der Waals surface area contributed by atoms with E-state index in [0.717, 1.165) is 17.8 Å². The molecule has 1 heterocycles. The van der Waals surface area contributed by atoms with Gasteiger partial charge in [-0.15, -0.1) is 0 Å². The molecule has 0 aliphatic heterocycles. The van der Waals surface area contributed by atoms with Gasteiger partial charge >= 0.3 is 0 Å². The van der Waals surface area contributed by atoms with E-state index >= 15 is 0 Å². The van der Waals surface area contributed by atoms with Crippen LogP contribution in [0.3, 0.4) is 0 Å². The molecule has 22 heavy (non-hydrogen) atoms. The summed E-state index contributed by atoms with van der Waals surface area (Å²) in [6.07, 6.45) is 7.89. The number of imidazole rings is 1.